The number of halogens is 1. The lowest BCUT2D eigenvalue weighted by atomic mass is 9.96. The highest BCUT2D eigenvalue weighted by molar-refractivity contribution is 5.92. The van der Waals surface area contributed by atoms with Crippen LogP contribution >= 0.6 is 0 Å². The zero-order valence-corrected chi connectivity index (χ0v) is 16.8. The van der Waals surface area contributed by atoms with Crippen molar-refractivity contribution in [1.29, 1.82) is 0 Å². The first-order valence-corrected chi connectivity index (χ1v) is 10.7. The van der Waals surface area contributed by atoms with E-state index in [2.05, 4.69) is 10.2 Å². The Morgan fingerprint density at radius 1 is 1.00 bits per heavy atom. The molecule has 1 heterocycles. The summed E-state index contributed by atoms with van der Waals surface area (Å²) in [7, 11) is 0. The van der Waals surface area contributed by atoms with Crippen molar-refractivity contribution in [3.05, 3.63) is 59.9 Å². The second-order valence-corrected chi connectivity index (χ2v) is 8.24. The number of hydrogen-bond donors (Lipinski definition) is 1. The van der Waals surface area contributed by atoms with E-state index in [1.165, 1.54) is 25.0 Å². The summed E-state index contributed by atoms with van der Waals surface area (Å²) in [6.45, 7) is 2.44. The number of ether oxygens (including phenoxy) is 1. The second-order valence-electron chi connectivity index (χ2n) is 8.24. The molecule has 1 aliphatic carbocycles. The highest BCUT2D eigenvalue weighted by atomic mass is 19.1. The Hall–Kier alpha value is -2.40. The number of nitrogens with zero attached hydrogens (tertiary/aromatic N) is 1. The monoisotopic (exact) mass is 396 g/mol. The SMILES string of the molecule is O=C(Nc1ccc(OC2CCCC2)cc1)[C@H]1CCCN(Cc2ccc(F)cc2)C1. The summed E-state index contributed by atoms with van der Waals surface area (Å²) in [6, 6.07) is 14.3. The highest BCUT2D eigenvalue weighted by Crippen LogP contribution is 2.26. The van der Waals surface area contributed by atoms with Gasteiger partial charge in [-0.3, -0.25) is 9.69 Å². The third-order valence-electron chi connectivity index (χ3n) is 5.92. The number of rotatable bonds is 6. The molecule has 1 N–H and O–H groups in total. The first-order chi connectivity index (χ1) is 14.2. The lowest BCUT2D eigenvalue weighted by Gasteiger charge is -2.32. The van der Waals surface area contributed by atoms with Gasteiger partial charge in [0.25, 0.3) is 0 Å². The molecule has 0 aromatic heterocycles. The van der Waals surface area contributed by atoms with E-state index in [1.807, 2.05) is 36.4 Å². The van der Waals surface area contributed by atoms with Crippen LogP contribution in [0.15, 0.2) is 48.5 Å². The van der Waals surface area contributed by atoms with E-state index in [0.29, 0.717) is 6.10 Å². The largest absolute Gasteiger partial charge is 0.490 e. The summed E-state index contributed by atoms with van der Waals surface area (Å²) in [5, 5.41) is 3.05. The lowest BCUT2D eigenvalue weighted by Crippen LogP contribution is -2.40. The molecular weight excluding hydrogens is 367 g/mol. The molecule has 0 unspecified atom stereocenters. The summed E-state index contributed by atoms with van der Waals surface area (Å²) in [5.41, 5.74) is 1.88. The first-order valence-electron chi connectivity index (χ1n) is 10.7. The number of piperidine rings is 1. The molecule has 154 valence electrons. The summed E-state index contributed by atoms with van der Waals surface area (Å²) in [4.78, 5) is 15.0. The van der Waals surface area contributed by atoms with Gasteiger partial charge in [0.15, 0.2) is 0 Å². The number of benzene rings is 2. The highest BCUT2D eigenvalue weighted by Gasteiger charge is 2.26. The molecule has 1 aliphatic heterocycles. The summed E-state index contributed by atoms with van der Waals surface area (Å²) in [6.07, 6.45) is 6.99. The van der Waals surface area contributed by atoms with Crippen LogP contribution in [0.5, 0.6) is 5.75 Å². The summed E-state index contributed by atoms with van der Waals surface area (Å²) >= 11 is 0. The van der Waals surface area contributed by atoms with Gasteiger partial charge >= 0.3 is 0 Å². The Morgan fingerprint density at radius 2 is 1.72 bits per heavy atom. The Labute approximate surface area is 172 Å². The van der Waals surface area contributed by atoms with Crippen molar-refractivity contribution in [3.8, 4) is 5.75 Å². The molecule has 5 heteroatoms. The fraction of sp³-hybridized carbons (Fsp3) is 0.458. The molecule has 2 aromatic rings. The normalized spacial score (nSPS) is 20.5. The fourth-order valence-electron chi connectivity index (χ4n) is 4.32. The number of hydrogen-bond acceptors (Lipinski definition) is 3. The van der Waals surface area contributed by atoms with E-state index >= 15 is 0 Å². The molecular formula is C24H29FN2O2. The van der Waals surface area contributed by atoms with Crippen molar-refractivity contribution in [2.75, 3.05) is 18.4 Å². The van der Waals surface area contributed by atoms with Gasteiger partial charge in [0.05, 0.1) is 12.0 Å². The number of anilines is 1. The van der Waals surface area contributed by atoms with Crippen molar-refractivity contribution in [1.82, 2.24) is 4.90 Å². The Morgan fingerprint density at radius 3 is 2.45 bits per heavy atom. The van der Waals surface area contributed by atoms with Crippen LogP contribution in [0, 0.1) is 11.7 Å². The average molecular weight is 397 g/mol. The maximum absolute atomic E-state index is 13.1. The minimum absolute atomic E-state index is 0.0291. The lowest BCUT2D eigenvalue weighted by molar-refractivity contribution is -0.121. The zero-order chi connectivity index (χ0) is 20.1. The maximum Gasteiger partial charge on any atom is 0.228 e. The minimum Gasteiger partial charge on any atom is -0.490 e. The molecule has 4 rings (SSSR count). The van der Waals surface area contributed by atoms with E-state index < -0.39 is 0 Å². The van der Waals surface area contributed by atoms with Gasteiger partial charge in [0.2, 0.25) is 5.91 Å². The van der Waals surface area contributed by atoms with E-state index in [0.717, 1.165) is 62.3 Å². The van der Waals surface area contributed by atoms with Crippen LogP contribution in [0.25, 0.3) is 0 Å². The van der Waals surface area contributed by atoms with Crippen LogP contribution in [0.3, 0.4) is 0 Å². The third-order valence-corrected chi connectivity index (χ3v) is 5.92. The standard InChI is InChI=1S/C24H29FN2O2/c25-20-9-7-18(8-10-20)16-27-15-3-4-19(17-27)24(28)26-21-11-13-23(14-12-21)29-22-5-1-2-6-22/h7-14,19,22H,1-6,15-17H2,(H,26,28)/t19-/m0/s1. The molecule has 29 heavy (non-hydrogen) atoms. The molecule has 0 radical (unpaired) electrons. The zero-order valence-electron chi connectivity index (χ0n) is 16.8. The molecule has 2 aliphatic rings. The van der Waals surface area contributed by atoms with Gasteiger partial charge in [0, 0.05) is 18.8 Å². The van der Waals surface area contributed by atoms with Crippen molar-refractivity contribution in [2.45, 2.75) is 51.2 Å². The molecule has 1 atom stereocenters. The van der Waals surface area contributed by atoms with Crippen molar-refractivity contribution >= 4 is 11.6 Å². The van der Waals surface area contributed by atoms with Gasteiger partial charge in [-0.25, -0.2) is 4.39 Å². The van der Waals surface area contributed by atoms with Crippen LogP contribution in [0.2, 0.25) is 0 Å². The van der Waals surface area contributed by atoms with Crippen LogP contribution in [0.4, 0.5) is 10.1 Å². The summed E-state index contributed by atoms with van der Waals surface area (Å²) < 4.78 is 19.1. The topological polar surface area (TPSA) is 41.6 Å². The predicted molar refractivity (Wildman–Crippen MR) is 112 cm³/mol. The van der Waals surface area contributed by atoms with Gasteiger partial charge in [-0.1, -0.05) is 12.1 Å². The van der Waals surface area contributed by atoms with E-state index in [-0.39, 0.29) is 17.6 Å². The molecule has 1 saturated heterocycles. The van der Waals surface area contributed by atoms with Crippen LogP contribution in [-0.2, 0) is 11.3 Å². The molecule has 0 spiro atoms. The second kappa shape index (κ2) is 9.40. The molecule has 1 saturated carbocycles. The van der Waals surface area contributed by atoms with Gasteiger partial charge in [-0.05, 0) is 87.0 Å². The Balaban J connectivity index is 1.28. The molecule has 4 nitrogen and oxygen atoms in total. The van der Waals surface area contributed by atoms with Crippen LogP contribution in [0.1, 0.15) is 44.1 Å². The quantitative estimate of drug-likeness (QED) is 0.747. The smallest absolute Gasteiger partial charge is 0.228 e. The molecule has 1 amide bonds. The number of carbonyl (C=O) groups excluding carboxylic acids is 1. The molecule has 2 aromatic carbocycles. The van der Waals surface area contributed by atoms with Gasteiger partial charge in [0.1, 0.15) is 11.6 Å². The van der Waals surface area contributed by atoms with Crippen molar-refractivity contribution in [3.63, 3.8) is 0 Å². The van der Waals surface area contributed by atoms with Gasteiger partial charge < -0.3 is 10.1 Å². The Bertz CT molecular complexity index is 801. The van der Waals surface area contributed by atoms with E-state index in [1.54, 1.807) is 0 Å². The van der Waals surface area contributed by atoms with Crippen molar-refractivity contribution in [2.24, 2.45) is 5.92 Å². The maximum atomic E-state index is 13.1. The third kappa shape index (κ3) is 5.57. The van der Waals surface area contributed by atoms with E-state index in [4.69, 9.17) is 4.74 Å². The van der Waals surface area contributed by atoms with Gasteiger partial charge in [-0.2, -0.15) is 0 Å². The molecule has 0 bridgehead atoms. The van der Waals surface area contributed by atoms with Crippen LogP contribution in [-0.4, -0.2) is 30.0 Å². The number of carbonyl (C=O) groups is 1. The number of likely N-dealkylation sites (tertiary alicyclic amines) is 1. The predicted octanol–water partition coefficient (Wildman–Crippen LogP) is 5.00. The molecule has 2 fully saturated rings. The Kier molecular flexibility index (Phi) is 6.45. The van der Waals surface area contributed by atoms with Crippen molar-refractivity contribution < 1.29 is 13.9 Å². The average Bonchev–Trinajstić information content (AvgIpc) is 3.24. The van der Waals surface area contributed by atoms with Gasteiger partial charge in [-0.15, -0.1) is 0 Å². The number of nitrogens with one attached hydrogen (secondary N) is 1. The summed E-state index contributed by atoms with van der Waals surface area (Å²) in [5.74, 6) is 0.694. The fourth-order valence-corrected chi connectivity index (χ4v) is 4.32. The number of amides is 1. The first kappa shape index (κ1) is 19.9. The van der Waals surface area contributed by atoms with Crippen LogP contribution < -0.4 is 10.1 Å². The minimum atomic E-state index is -0.218. The van der Waals surface area contributed by atoms with E-state index in [9.17, 15) is 9.18 Å².